The zero-order valence-corrected chi connectivity index (χ0v) is 21.4. The lowest BCUT2D eigenvalue weighted by Gasteiger charge is -2.45. The van der Waals surface area contributed by atoms with Crippen molar-refractivity contribution in [3.8, 4) is 0 Å². The summed E-state index contributed by atoms with van der Waals surface area (Å²) in [4.78, 5) is 34.4. The molecule has 8 nitrogen and oxygen atoms in total. The molecule has 5 rings (SSSR count). The van der Waals surface area contributed by atoms with Gasteiger partial charge in [-0.1, -0.05) is 26.2 Å². The lowest BCUT2D eigenvalue weighted by atomic mass is 9.91. The molecule has 2 fully saturated rings. The van der Waals surface area contributed by atoms with Crippen LogP contribution in [0.1, 0.15) is 69.3 Å². The fourth-order valence-electron chi connectivity index (χ4n) is 6.22. The minimum Gasteiger partial charge on any atom is -0.463 e. The summed E-state index contributed by atoms with van der Waals surface area (Å²) in [5.74, 6) is -0.0985. The lowest BCUT2D eigenvalue weighted by molar-refractivity contribution is -0.133. The van der Waals surface area contributed by atoms with E-state index in [1.54, 1.807) is 6.26 Å². The third-order valence-corrected chi connectivity index (χ3v) is 8.34. The number of aromatic nitrogens is 1. The molecule has 1 unspecified atom stereocenters. The van der Waals surface area contributed by atoms with Crippen molar-refractivity contribution in [3.05, 3.63) is 24.1 Å². The van der Waals surface area contributed by atoms with Gasteiger partial charge in [-0.3, -0.25) is 9.59 Å². The second-order valence-corrected chi connectivity index (χ2v) is 10.9. The van der Waals surface area contributed by atoms with Crippen molar-refractivity contribution in [3.63, 3.8) is 0 Å². The zero-order chi connectivity index (χ0) is 24.4. The van der Waals surface area contributed by atoms with Crippen LogP contribution in [-0.2, 0) is 11.3 Å². The average Bonchev–Trinajstić information content (AvgIpc) is 3.45. The quantitative estimate of drug-likeness (QED) is 0.624. The largest absolute Gasteiger partial charge is 0.463 e. The Balaban J connectivity index is 1.31. The van der Waals surface area contributed by atoms with E-state index in [9.17, 15) is 9.59 Å². The molecule has 8 heteroatoms. The standard InChI is InChI=1S/C27H41N5O3/c1-3-11-29-14-16-30(17-15-29)12-7-13-32-25(33)23-19-24-22(10-18-35-24)31(23)20-27(32,2)26(34)28-21-8-5-4-6-9-21/h10,18-19,21H,3-9,11-17,20H2,1-2H3,(H,28,34). The first-order valence-corrected chi connectivity index (χ1v) is 13.6. The Morgan fingerprint density at radius 2 is 1.80 bits per heavy atom. The van der Waals surface area contributed by atoms with Crippen molar-refractivity contribution < 1.29 is 14.0 Å². The van der Waals surface area contributed by atoms with Crippen LogP contribution in [0.5, 0.6) is 0 Å². The average molecular weight is 484 g/mol. The van der Waals surface area contributed by atoms with E-state index in [0.717, 1.165) is 70.3 Å². The molecule has 0 spiro atoms. The first-order valence-electron chi connectivity index (χ1n) is 13.6. The van der Waals surface area contributed by atoms with Gasteiger partial charge in [0.2, 0.25) is 5.91 Å². The predicted molar refractivity (Wildman–Crippen MR) is 136 cm³/mol. The van der Waals surface area contributed by atoms with Gasteiger partial charge in [0.15, 0.2) is 5.58 Å². The Labute approximate surface area is 208 Å². The number of carbonyl (C=O) groups excluding carboxylic acids is 2. The number of furan rings is 1. The maximum atomic E-state index is 13.8. The SMILES string of the molecule is CCCN1CCN(CCCN2C(=O)c3cc4occc4n3CC2(C)C(=O)NC2CCCCC2)CC1. The molecule has 3 aliphatic rings. The predicted octanol–water partition coefficient (Wildman–Crippen LogP) is 3.32. The molecule has 192 valence electrons. The van der Waals surface area contributed by atoms with Gasteiger partial charge in [0.1, 0.15) is 11.2 Å². The van der Waals surface area contributed by atoms with Crippen molar-refractivity contribution in [1.29, 1.82) is 0 Å². The number of nitrogens with zero attached hydrogens (tertiary/aromatic N) is 4. The molecule has 4 heterocycles. The van der Waals surface area contributed by atoms with Gasteiger partial charge in [-0.05, 0) is 45.7 Å². The topological polar surface area (TPSA) is 74.0 Å². The minimum absolute atomic E-state index is 0.0260. The lowest BCUT2D eigenvalue weighted by Crippen LogP contribution is -2.65. The van der Waals surface area contributed by atoms with E-state index in [2.05, 4.69) is 22.0 Å². The highest BCUT2D eigenvalue weighted by Gasteiger charge is 2.48. The summed E-state index contributed by atoms with van der Waals surface area (Å²) in [6, 6.07) is 3.93. The third-order valence-electron chi connectivity index (χ3n) is 8.34. The Bertz CT molecular complexity index is 1030. The molecule has 1 saturated heterocycles. The van der Waals surface area contributed by atoms with Crippen LogP contribution < -0.4 is 5.32 Å². The molecule has 1 N–H and O–H groups in total. The molecular formula is C27H41N5O3. The van der Waals surface area contributed by atoms with E-state index < -0.39 is 5.54 Å². The minimum atomic E-state index is -0.926. The van der Waals surface area contributed by atoms with Gasteiger partial charge >= 0.3 is 0 Å². The van der Waals surface area contributed by atoms with E-state index in [4.69, 9.17) is 4.42 Å². The summed E-state index contributed by atoms with van der Waals surface area (Å²) in [7, 11) is 0. The molecule has 0 aromatic carbocycles. The Hall–Kier alpha value is -2.32. The van der Waals surface area contributed by atoms with Crippen LogP contribution in [0, 0.1) is 0 Å². The summed E-state index contributed by atoms with van der Waals surface area (Å²) in [6.07, 6.45) is 9.33. The molecule has 1 aliphatic carbocycles. The Kier molecular flexibility index (Phi) is 7.21. The molecule has 2 amide bonds. The number of amides is 2. The molecule has 35 heavy (non-hydrogen) atoms. The van der Waals surface area contributed by atoms with E-state index in [0.29, 0.717) is 24.4 Å². The second-order valence-electron chi connectivity index (χ2n) is 10.9. The van der Waals surface area contributed by atoms with Crippen LogP contribution in [0.25, 0.3) is 11.1 Å². The fourth-order valence-corrected chi connectivity index (χ4v) is 6.22. The molecule has 0 bridgehead atoms. The van der Waals surface area contributed by atoms with Gasteiger partial charge in [-0.2, -0.15) is 0 Å². The van der Waals surface area contributed by atoms with E-state index in [1.165, 1.54) is 19.4 Å². The van der Waals surface area contributed by atoms with Gasteiger partial charge in [0.25, 0.3) is 5.91 Å². The number of carbonyl (C=O) groups is 2. The maximum absolute atomic E-state index is 13.8. The molecule has 2 aliphatic heterocycles. The molecule has 0 radical (unpaired) electrons. The number of nitrogens with one attached hydrogen (secondary N) is 1. The zero-order valence-electron chi connectivity index (χ0n) is 21.4. The van der Waals surface area contributed by atoms with Crippen LogP contribution in [-0.4, -0.2) is 88.5 Å². The van der Waals surface area contributed by atoms with E-state index >= 15 is 0 Å². The number of rotatable bonds is 8. The van der Waals surface area contributed by atoms with E-state index in [-0.39, 0.29) is 17.9 Å². The molecular weight excluding hydrogens is 442 g/mol. The first kappa shape index (κ1) is 24.4. The Morgan fingerprint density at radius 3 is 2.51 bits per heavy atom. The highest BCUT2D eigenvalue weighted by molar-refractivity contribution is 6.02. The highest BCUT2D eigenvalue weighted by Crippen LogP contribution is 2.33. The number of fused-ring (bicyclic) bond motifs is 3. The molecule has 2 aromatic heterocycles. The summed E-state index contributed by atoms with van der Waals surface area (Å²) in [5, 5.41) is 3.32. The van der Waals surface area contributed by atoms with Crippen molar-refractivity contribution in [2.45, 2.75) is 76.9 Å². The van der Waals surface area contributed by atoms with Gasteiger partial charge < -0.3 is 29.0 Å². The molecule has 1 saturated carbocycles. The summed E-state index contributed by atoms with van der Waals surface area (Å²) < 4.78 is 7.57. The van der Waals surface area contributed by atoms with Gasteiger partial charge in [-0.25, -0.2) is 0 Å². The van der Waals surface area contributed by atoms with Crippen molar-refractivity contribution in [2.24, 2.45) is 0 Å². The summed E-state index contributed by atoms with van der Waals surface area (Å²) in [6.45, 7) is 11.7. The molecule has 2 aromatic rings. The first-order chi connectivity index (χ1) is 17.0. The van der Waals surface area contributed by atoms with Crippen molar-refractivity contribution in [2.75, 3.05) is 45.8 Å². The van der Waals surface area contributed by atoms with Crippen LogP contribution in [0.2, 0.25) is 0 Å². The maximum Gasteiger partial charge on any atom is 0.271 e. The number of piperazine rings is 1. The van der Waals surface area contributed by atoms with Crippen molar-refractivity contribution >= 4 is 22.9 Å². The number of hydrogen-bond acceptors (Lipinski definition) is 5. The van der Waals surface area contributed by atoms with Crippen LogP contribution in [0.15, 0.2) is 22.8 Å². The second kappa shape index (κ2) is 10.3. The normalized spacial score (nSPS) is 24.7. The third kappa shape index (κ3) is 4.87. The van der Waals surface area contributed by atoms with Crippen molar-refractivity contribution in [1.82, 2.24) is 24.6 Å². The fraction of sp³-hybridized carbons (Fsp3) is 0.704. The van der Waals surface area contributed by atoms with Crippen LogP contribution in [0.3, 0.4) is 0 Å². The van der Waals surface area contributed by atoms with E-state index in [1.807, 2.05) is 28.5 Å². The van der Waals surface area contributed by atoms with Gasteiger partial charge in [0, 0.05) is 50.9 Å². The van der Waals surface area contributed by atoms with Gasteiger partial charge in [-0.15, -0.1) is 0 Å². The summed E-state index contributed by atoms with van der Waals surface area (Å²) in [5.41, 5.74) is 1.28. The monoisotopic (exact) mass is 483 g/mol. The van der Waals surface area contributed by atoms with Gasteiger partial charge in [0.05, 0.1) is 18.3 Å². The Morgan fingerprint density at radius 1 is 1.09 bits per heavy atom. The molecule has 1 atom stereocenters. The van der Waals surface area contributed by atoms with Crippen LogP contribution >= 0.6 is 0 Å². The number of hydrogen-bond donors (Lipinski definition) is 1. The van der Waals surface area contributed by atoms with Crippen LogP contribution in [0.4, 0.5) is 0 Å². The smallest absolute Gasteiger partial charge is 0.271 e. The summed E-state index contributed by atoms with van der Waals surface area (Å²) >= 11 is 0. The highest BCUT2D eigenvalue weighted by atomic mass is 16.3.